The molecule has 3 rings (SSSR count). The maximum Gasteiger partial charge on any atom is 0.418 e. The van der Waals surface area contributed by atoms with Crippen molar-refractivity contribution in [2.75, 3.05) is 17.7 Å². The number of anilines is 2. The van der Waals surface area contributed by atoms with Gasteiger partial charge in [0.2, 0.25) is 0 Å². The van der Waals surface area contributed by atoms with Crippen LogP contribution in [0.3, 0.4) is 0 Å². The molecule has 0 saturated heterocycles. The minimum atomic E-state index is -4.76. The molecule has 1 heterocycles. The number of hydrogen-bond acceptors (Lipinski definition) is 4. The van der Waals surface area contributed by atoms with Crippen molar-refractivity contribution in [1.29, 1.82) is 0 Å². The highest BCUT2D eigenvalue weighted by Crippen LogP contribution is 2.37. The molecular formula is C21H17F3N2O4. The summed E-state index contributed by atoms with van der Waals surface area (Å²) >= 11 is 0. The predicted octanol–water partition coefficient (Wildman–Crippen LogP) is 4.95. The van der Waals surface area contributed by atoms with Gasteiger partial charge in [-0.1, -0.05) is 12.1 Å². The molecule has 6 nitrogen and oxygen atoms in total. The Morgan fingerprint density at radius 3 is 2.47 bits per heavy atom. The molecule has 2 amide bonds. The minimum absolute atomic E-state index is 0.0446. The summed E-state index contributed by atoms with van der Waals surface area (Å²) < 4.78 is 50.6. The molecule has 0 bridgehead atoms. The van der Waals surface area contributed by atoms with E-state index < -0.39 is 29.2 Å². The number of carbonyl (C=O) groups excluding carboxylic acids is 2. The van der Waals surface area contributed by atoms with E-state index in [2.05, 4.69) is 10.6 Å². The third-order valence-corrected chi connectivity index (χ3v) is 4.08. The van der Waals surface area contributed by atoms with Crippen molar-refractivity contribution in [2.24, 2.45) is 0 Å². The van der Waals surface area contributed by atoms with E-state index in [1.807, 2.05) is 0 Å². The highest BCUT2D eigenvalue weighted by molar-refractivity contribution is 6.05. The number of nitrogens with one attached hydrogen (secondary N) is 2. The first-order chi connectivity index (χ1) is 14.3. The second-order valence-corrected chi connectivity index (χ2v) is 6.28. The van der Waals surface area contributed by atoms with Crippen molar-refractivity contribution in [3.05, 3.63) is 83.3 Å². The Bertz CT molecular complexity index is 1050. The van der Waals surface area contributed by atoms with Gasteiger partial charge in [-0.3, -0.25) is 9.59 Å². The summed E-state index contributed by atoms with van der Waals surface area (Å²) in [5, 5.41) is 4.61. The van der Waals surface area contributed by atoms with Crippen molar-refractivity contribution in [1.82, 2.24) is 0 Å². The second kappa shape index (κ2) is 8.83. The molecule has 2 N–H and O–H groups in total. The number of rotatable bonds is 6. The summed E-state index contributed by atoms with van der Waals surface area (Å²) in [7, 11) is 1.49. The van der Waals surface area contributed by atoms with E-state index in [0.717, 1.165) is 12.1 Å². The Morgan fingerprint density at radius 2 is 1.80 bits per heavy atom. The SMILES string of the molecule is COCc1cccc(C(=O)Nc2ccc(NC(=O)c3ccco3)cc2C(F)(F)F)c1. The van der Waals surface area contributed by atoms with Crippen LogP contribution >= 0.6 is 0 Å². The molecule has 0 saturated carbocycles. The van der Waals surface area contributed by atoms with E-state index in [4.69, 9.17) is 9.15 Å². The fourth-order valence-corrected chi connectivity index (χ4v) is 2.73. The molecule has 3 aromatic rings. The van der Waals surface area contributed by atoms with Gasteiger partial charge < -0.3 is 19.8 Å². The lowest BCUT2D eigenvalue weighted by molar-refractivity contribution is -0.136. The number of methoxy groups -OCH3 is 1. The van der Waals surface area contributed by atoms with E-state index in [-0.39, 0.29) is 23.6 Å². The van der Waals surface area contributed by atoms with Gasteiger partial charge >= 0.3 is 6.18 Å². The van der Waals surface area contributed by atoms with Crippen LogP contribution in [0.2, 0.25) is 0 Å². The average Bonchev–Trinajstić information content (AvgIpc) is 3.24. The molecule has 0 radical (unpaired) electrons. The topological polar surface area (TPSA) is 80.6 Å². The van der Waals surface area contributed by atoms with Gasteiger partial charge in [0.05, 0.1) is 24.1 Å². The number of furan rings is 1. The summed E-state index contributed by atoms with van der Waals surface area (Å²) in [6.45, 7) is 0.263. The zero-order valence-electron chi connectivity index (χ0n) is 15.7. The Hall–Kier alpha value is -3.59. The number of carbonyl (C=O) groups is 2. The highest BCUT2D eigenvalue weighted by Gasteiger charge is 2.34. The molecule has 30 heavy (non-hydrogen) atoms. The van der Waals surface area contributed by atoms with Crippen LogP contribution in [0.4, 0.5) is 24.5 Å². The lowest BCUT2D eigenvalue weighted by Gasteiger charge is -2.16. The predicted molar refractivity (Wildman–Crippen MR) is 103 cm³/mol. The zero-order valence-corrected chi connectivity index (χ0v) is 15.7. The molecule has 0 aliphatic rings. The molecule has 2 aromatic carbocycles. The van der Waals surface area contributed by atoms with Crippen LogP contribution < -0.4 is 10.6 Å². The van der Waals surface area contributed by atoms with E-state index in [9.17, 15) is 22.8 Å². The Morgan fingerprint density at radius 1 is 1.00 bits per heavy atom. The average molecular weight is 418 g/mol. The third kappa shape index (κ3) is 5.06. The van der Waals surface area contributed by atoms with Gasteiger partial charge in [0.1, 0.15) is 0 Å². The standard InChI is InChI=1S/C21H17F3N2O4/c1-29-12-13-4-2-5-14(10-13)19(27)26-17-8-7-15(11-16(17)21(22,23)24)25-20(28)18-6-3-9-30-18/h2-11H,12H2,1H3,(H,25,28)(H,26,27). The summed E-state index contributed by atoms with van der Waals surface area (Å²) in [5.74, 6) is -1.44. The van der Waals surface area contributed by atoms with Crippen LogP contribution in [0, 0.1) is 0 Å². The second-order valence-electron chi connectivity index (χ2n) is 6.28. The van der Waals surface area contributed by atoms with Crippen LogP contribution in [-0.4, -0.2) is 18.9 Å². The third-order valence-electron chi connectivity index (χ3n) is 4.08. The van der Waals surface area contributed by atoms with Crippen LogP contribution in [0.1, 0.15) is 32.0 Å². The Kier molecular flexibility index (Phi) is 6.22. The van der Waals surface area contributed by atoms with E-state index in [1.165, 1.54) is 43.7 Å². The van der Waals surface area contributed by atoms with Crippen molar-refractivity contribution < 1.29 is 31.9 Å². The van der Waals surface area contributed by atoms with Crippen LogP contribution in [-0.2, 0) is 17.5 Å². The van der Waals surface area contributed by atoms with E-state index >= 15 is 0 Å². The van der Waals surface area contributed by atoms with Gasteiger partial charge in [-0.25, -0.2) is 0 Å². The molecule has 156 valence electrons. The fourth-order valence-electron chi connectivity index (χ4n) is 2.73. The first-order valence-electron chi connectivity index (χ1n) is 8.73. The summed E-state index contributed by atoms with van der Waals surface area (Å²) in [6, 6.07) is 12.3. The summed E-state index contributed by atoms with van der Waals surface area (Å²) in [4.78, 5) is 24.5. The van der Waals surface area contributed by atoms with Crippen molar-refractivity contribution in [2.45, 2.75) is 12.8 Å². The van der Waals surface area contributed by atoms with E-state index in [1.54, 1.807) is 12.1 Å². The van der Waals surface area contributed by atoms with Gasteiger partial charge in [0, 0.05) is 18.4 Å². The molecule has 0 fully saturated rings. The molecule has 9 heteroatoms. The maximum atomic E-state index is 13.6. The summed E-state index contributed by atoms with van der Waals surface area (Å²) in [5.41, 5.74) is -0.726. The largest absolute Gasteiger partial charge is 0.459 e. The molecule has 0 aliphatic heterocycles. The highest BCUT2D eigenvalue weighted by atomic mass is 19.4. The van der Waals surface area contributed by atoms with Crippen LogP contribution in [0.25, 0.3) is 0 Å². The van der Waals surface area contributed by atoms with E-state index in [0.29, 0.717) is 5.56 Å². The Labute approximate surface area is 169 Å². The van der Waals surface area contributed by atoms with Crippen molar-refractivity contribution >= 4 is 23.2 Å². The van der Waals surface area contributed by atoms with Crippen LogP contribution in [0.15, 0.2) is 65.3 Å². The first-order valence-corrected chi connectivity index (χ1v) is 8.73. The van der Waals surface area contributed by atoms with Crippen molar-refractivity contribution in [3.8, 4) is 0 Å². The van der Waals surface area contributed by atoms with Gasteiger partial charge in [0.25, 0.3) is 11.8 Å². The molecule has 0 unspecified atom stereocenters. The minimum Gasteiger partial charge on any atom is -0.459 e. The van der Waals surface area contributed by atoms with Gasteiger partial charge in [-0.2, -0.15) is 13.2 Å². The van der Waals surface area contributed by atoms with Gasteiger partial charge in [-0.05, 0) is 48.0 Å². The lowest BCUT2D eigenvalue weighted by Crippen LogP contribution is -2.18. The molecule has 0 aliphatic carbocycles. The number of halogens is 3. The number of amides is 2. The number of alkyl halides is 3. The molecule has 0 spiro atoms. The molecular weight excluding hydrogens is 401 g/mol. The zero-order chi connectivity index (χ0) is 21.7. The number of benzene rings is 2. The first kappa shape index (κ1) is 21.1. The lowest BCUT2D eigenvalue weighted by atomic mass is 10.1. The quantitative estimate of drug-likeness (QED) is 0.594. The number of ether oxygens (including phenoxy) is 1. The number of hydrogen-bond donors (Lipinski definition) is 2. The molecule has 1 aromatic heterocycles. The Balaban J connectivity index is 1.84. The normalized spacial score (nSPS) is 11.2. The smallest absolute Gasteiger partial charge is 0.418 e. The summed E-state index contributed by atoms with van der Waals surface area (Å²) in [6.07, 6.45) is -3.48. The molecule has 0 atom stereocenters. The fraction of sp³-hybridized carbons (Fsp3) is 0.143. The maximum absolute atomic E-state index is 13.6. The van der Waals surface area contributed by atoms with Crippen LogP contribution in [0.5, 0.6) is 0 Å². The van der Waals surface area contributed by atoms with Gasteiger partial charge in [-0.15, -0.1) is 0 Å². The van der Waals surface area contributed by atoms with Crippen molar-refractivity contribution in [3.63, 3.8) is 0 Å². The van der Waals surface area contributed by atoms with Gasteiger partial charge in [0.15, 0.2) is 5.76 Å². The monoisotopic (exact) mass is 418 g/mol.